The van der Waals surface area contributed by atoms with E-state index in [0.29, 0.717) is 10.7 Å². The van der Waals surface area contributed by atoms with Gasteiger partial charge < -0.3 is 5.32 Å². The van der Waals surface area contributed by atoms with Crippen molar-refractivity contribution in [2.45, 2.75) is 4.90 Å². The molecular weight excluding hydrogens is 384 g/mol. The van der Waals surface area contributed by atoms with Gasteiger partial charge >= 0.3 is 0 Å². The molecule has 0 aliphatic rings. The van der Waals surface area contributed by atoms with Crippen LogP contribution in [0.4, 0.5) is 11.4 Å². The van der Waals surface area contributed by atoms with E-state index in [4.69, 9.17) is 11.6 Å². The third-order valence-electron chi connectivity index (χ3n) is 3.99. The summed E-state index contributed by atoms with van der Waals surface area (Å²) in [6, 6.07) is 21.3. The second-order valence-electron chi connectivity index (χ2n) is 5.76. The molecule has 5 nitrogen and oxygen atoms in total. The molecule has 27 heavy (non-hydrogen) atoms. The molecule has 7 heteroatoms. The average molecular weight is 401 g/mol. The van der Waals surface area contributed by atoms with Crippen molar-refractivity contribution >= 4 is 38.9 Å². The third kappa shape index (κ3) is 4.13. The van der Waals surface area contributed by atoms with Crippen LogP contribution < -0.4 is 9.62 Å². The van der Waals surface area contributed by atoms with E-state index in [0.717, 1.165) is 4.31 Å². The van der Waals surface area contributed by atoms with Gasteiger partial charge in [0.15, 0.2) is 0 Å². The van der Waals surface area contributed by atoms with Crippen molar-refractivity contribution < 1.29 is 13.2 Å². The standard InChI is InChI=1S/C20H17ClN2O3S/c1-23(27(25,26)17-7-3-2-4-8-17)19-10-6-5-9-18(19)20(24)22-16-13-11-15(21)12-14-16/h2-14H,1H3,(H,22,24). The summed E-state index contributed by atoms with van der Waals surface area (Å²) in [5.41, 5.74) is 1.09. The zero-order valence-electron chi connectivity index (χ0n) is 14.5. The van der Waals surface area contributed by atoms with Crippen LogP contribution in [0.3, 0.4) is 0 Å². The summed E-state index contributed by atoms with van der Waals surface area (Å²) >= 11 is 5.85. The first-order chi connectivity index (χ1) is 12.9. The van der Waals surface area contributed by atoms with Crippen molar-refractivity contribution in [1.29, 1.82) is 0 Å². The molecule has 3 rings (SSSR count). The number of halogens is 1. The molecule has 138 valence electrons. The molecule has 0 fully saturated rings. The normalized spacial score (nSPS) is 11.0. The van der Waals surface area contributed by atoms with E-state index in [1.54, 1.807) is 66.7 Å². The van der Waals surface area contributed by atoms with Gasteiger partial charge in [0.25, 0.3) is 15.9 Å². The van der Waals surface area contributed by atoms with E-state index >= 15 is 0 Å². The Morgan fingerprint density at radius 2 is 1.48 bits per heavy atom. The minimum atomic E-state index is -3.79. The molecule has 1 amide bonds. The number of hydrogen-bond donors (Lipinski definition) is 1. The van der Waals surface area contributed by atoms with E-state index in [1.165, 1.54) is 19.2 Å². The fourth-order valence-electron chi connectivity index (χ4n) is 2.55. The molecule has 0 saturated heterocycles. The highest BCUT2D eigenvalue weighted by Crippen LogP contribution is 2.26. The number of benzene rings is 3. The molecular formula is C20H17ClN2O3S. The Bertz CT molecular complexity index is 1050. The van der Waals surface area contributed by atoms with Crippen LogP contribution in [0.1, 0.15) is 10.4 Å². The highest BCUT2D eigenvalue weighted by molar-refractivity contribution is 7.92. The molecule has 0 spiro atoms. The van der Waals surface area contributed by atoms with Gasteiger partial charge in [0.2, 0.25) is 0 Å². The van der Waals surface area contributed by atoms with E-state index < -0.39 is 15.9 Å². The van der Waals surface area contributed by atoms with Gasteiger partial charge in [0.05, 0.1) is 16.1 Å². The maximum absolute atomic E-state index is 12.9. The quantitative estimate of drug-likeness (QED) is 0.689. The SMILES string of the molecule is CN(c1ccccc1C(=O)Nc1ccc(Cl)cc1)S(=O)(=O)c1ccccc1. The number of carbonyl (C=O) groups is 1. The molecule has 3 aromatic rings. The molecule has 3 aromatic carbocycles. The second-order valence-corrected chi connectivity index (χ2v) is 8.17. The zero-order valence-corrected chi connectivity index (χ0v) is 16.0. The van der Waals surface area contributed by atoms with E-state index in [2.05, 4.69) is 5.32 Å². The highest BCUT2D eigenvalue weighted by atomic mass is 35.5. The fourth-order valence-corrected chi connectivity index (χ4v) is 3.91. The summed E-state index contributed by atoms with van der Waals surface area (Å²) in [7, 11) is -2.36. The van der Waals surface area contributed by atoms with Crippen LogP contribution in [0.25, 0.3) is 0 Å². The Labute approximate surface area is 163 Å². The lowest BCUT2D eigenvalue weighted by atomic mass is 10.1. The Morgan fingerprint density at radius 1 is 0.889 bits per heavy atom. The fraction of sp³-hybridized carbons (Fsp3) is 0.0500. The van der Waals surface area contributed by atoms with E-state index in [-0.39, 0.29) is 16.1 Å². The number of anilines is 2. The Kier molecular flexibility index (Phi) is 5.48. The number of nitrogens with one attached hydrogen (secondary N) is 1. The number of rotatable bonds is 5. The minimum absolute atomic E-state index is 0.153. The second kappa shape index (κ2) is 7.82. The average Bonchev–Trinajstić information content (AvgIpc) is 2.69. The molecule has 0 aromatic heterocycles. The summed E-state index contributed by atoms with van der Waals surface area (Å²) in [4.78, 5) is 12.9. The summed E-state index contributed by atoms with van der Waals surface area (Å²) in [6.07, 6.45) is 0. The van der Waals surface area contributed by atoms with Crippen LogP contribution >= 0.6 is 11.6 Å². The van der Waals surface area contributed by atoms with Gasteiger partial charge in [-0.3, -0.25) is 9.10 Å². The van der Waals surface area contributed by atoms with Crippen molar-refractivity contribution in [1.82, 2.24) is 0 Å². The van der Waals surface area contributed by atoms with Crippen molar-refractivity contribution in [3.05, 3.63) is 89.4 Å². The van der Waals surface area contributed by atoms with Crippen LogP contribution in [-0.4, -0.2) is 21.4 Å². The van der Waals surface area contributed by atoms with Crippen LogP contribution in [0, 0.1) is 0 Å². The molecule has 0 saturated carbocycles. The van der Waals surface area contributed by atoms with E-state index in [1.807, 2.05) is 0 Å². The number of nitrogens with zero attached hydrogens (tertiary/aromatic N) is 1. The lowest BCUT2D eigenvalue weighted by Crippen LogP contribution is -2.29. The van der Waals surface area contributed by atoms with Crippen LogP contribution in [0.2, 0.25) is 5.02 Å². The third-order valence-corrected chi connectivity index (χ3v) is 6.03. The predicted octanol–water partition coefficient (Wildman–Crippen LogP) is 4.42. The summed E-state index contributed by atoms with van der Waals surface area (Å²) < 4.78 is 26.9. The zero-order chi connectivity index (χ0) is 19.4. The van der Waals surface area contributed by atoms with Gasteiger partial charge in [0, 0.05) is 17.8 Å². The van der Waals surface area contributed by atoms with Crippen LogP contribution in [0.15, 0.2) is 83.8 Å². The minimum Gasteiger partial charge on any atom is -0.322 e. The van der Waals surface area contributed by atoms with Gasteiger partial charge in [-0.05, 0) is 48.5 Å². The van der Waals surface area contributed by atoms with Gasteiger partial charge in [-0.1, -0.05) is 41.9 Å². The lowest BCUT2D eigenvalue weighted by molar-refractivity contribution is 0.102. The number of carbonyl (C=O) groups excluding carboxylic acids is 1. The van der Waals surface area contributed by atoms with Gasteiger partial charge in [-0.15, -0.1) is 0 Å². The van der Waals surface area contributed by atoms with Crippen LogP contribution in [0.5, 0.6) is 0 Å². The molecule has 0 aliphatic carbocycles. The molecule has 1 N–H and O–H groups in total. The molecule has 0 aliphatic heterocycles. The number of para-hydroxylation sites is 1. The number of amides is 1. The largest absolute Gasteiger partial charge is 0.322 e. The maximum atomic E-state index is 12.9. The topological polar surface area (TPSA) is 66.5 Å². The van der Waals surface area contributed by atoms with Crippen molar-refractivity contribution in [2.75, 3.05) is 16.7 Å². The van der Waals surface area contributed by atoms with Gasteiger partial charge in [-0.2, -0.15) is 0 Å². The van der Waals surface area contributed by atoms with E-state index in [9.17, 15) is 13.2 Å². The lowest BCUT2D eigenvalue weighted by Gasteiger charge is -2.22. The number of hydrogen-bond acceptors (Lipinski definition) is 3. The molecule has 0 bridgehead atoms. The smallest absolute Gasteiger partial charge is 0.264 e. The van der Waals surface area contributed by atoms with Crippen LogP contribution in [-0.2, 0) is 10.0 Å². The first-order valence-electron chi connectivity index (χ1n) is 8.09. The van der Waals surface area contributed by atoms with Gasteiger partial charge in [-0.25, -0.2) is 8.42 Å². The summed E-state index contributed by atoms with van der Waals surface area (Å²) in [5, 5.41) is 3.31. The first-order valence-corrected chi connectivity index (χ1v) is 9.91. The predicted molar refractivity (Wildman–Crippen MR) is 108 cm³/mol. The summed E-state index contributed by atoms with van der Waals surface area (Å²) in [5.74, 6) is -0.414. The molecule has 0 radical (unpaired) electrons. The highest BCUT2D eigenvalue weighted by Gasteiger charge is 2.24. The van der Waals surface area contributed by atoms with Crippen molar-refractivity contribution in [3.63, 3.8) is 0 Å². The maximum Gasteiger partial charge on any atom is 0.264 e. The van der Waals surface area contributed by atoms with Crippen molar-refractivity contribution in [2.24, 2.45) is 0 Å². The Balaban J connectivity index is 1.93. The first kappa shape index (κ1) is 18.9. The Morgan fingerprint density at radius 3 is 2.15 bits per heavy atom. The molecule has 0 unspecified atom stereocenters. The monoisotopic (exact) mass is 400 g/mol. The molecule has 0 atom stereocenters. The summed E-state index contributed by atoms with van der Waals surface area (Å²) in [6.45, 7) is 0. The van der Waals surface area contributed by atoms with Crippen molar-refractivity contribution in [3.8, 4) is 0 Å². The van der Waals surface area contributed by atoms with Gasteiger partial charge in [0.1, 0.15) is 0 Å². The Hall–Kier alpha value is -2.83. The molecule has 0 heterocycles. The number of sulfonamides is 1.